The van der Waals surface area contributed by atoms with E-state index >= 15 is 0 Å². The molecule has 0 atom stereocenters. The van der Waals surface area contributed by atoms with Crippen LogP contribution in [0.3, 0.4) is 0 Å². The zero-order valence-electron chi connectivity index (χ0n) is 19.5. The summed E-state index contributed by atoms with van der Waals surface area (Å²) in [5, 5.41) is 8.85. The minimum absolute atomic E-state index is 0.144. The van der Waals surface area contributed by atoms with Crippen molar-refractivity contribution in [1.82, 2.24) is 15.1 Å². The molecule has 0 saturated carbocycles. The van der Waals surface area contributed by atoms with Crippen molar-refractivity contribution in [3.8, 4) is 28.5 Å². The third kappa shape index (κ3) is 5.25. The summed E-state index contributed by atoms with van der Waals surface area (Å²) in [6, 6.07) is 15.4. The number of nitrogens with zero attached hydrogens (tertiary/aromatic N) is 4. The summed E-state index contributed by atoms with van der Waals surface area (Å²) in [6.45, 7) is 2.74. The molecule has 0 aliphatic carbocycles. The predicted molar refractivity (Wildman–Crippen MR) is 134 cm³/mol. The molecule has 8 nitrogen and oxygen atoms in total. The molecule has 1 aliphatic rings. The standard InChI is InChI=1S/C25H27BrN4O4/c1-32-21-15-18(16-22(33-2)25(21)34-3)20-8-9-23(28-27-20)29-10-12-30(13-11-29)24(31)14-17-4-6-19(26)7-5-17/h4-9,15-16H,10-14H2,1-3H3. The molecule has 34 heavy (non-hydrogen) atoms. The van der Waals surface area contributed by atoms with Gasteiger partial charge in [0, 0.05) is 36.2 Å². The molecule has 1 fully saturated rings. The van der Waals surface area contributed by atoms with Crippen LogP contribution < -0.4 is 19.1 Å². The molecule has 1 aromatic heterocycles. The van der Waals surface area contributed by atoms with E-state index in [-0.39, 0.29) is 5.91 Å². The molecule has 1 saturated heterocycles. The number of methoxy groups -OCH3 is 3. The summed E-state index contributed by atoms with van der Waals surface area (Å²) in [7, 11) is 4.74. The van der Waals surface area contributed by atoms with Gasteiger partial charge in [0.25, 0.3) is 0 Å². The first-order valence-electron chi connectivity index (χ1n) is 10.9. The highest BCUT2D eigenvalue weighted by Crippen LogP contribution is 2.40. The molecule has 1 aliphatic heterocycles. The van der Waals surface area contributed by atoms with Crippen LogP contribution in [0.15, 0.2) is 53.0 Å². The van der Waals surface area contributed by atoms with E-state index in [1.807, 2.05) is 53.4 Å². The van der Waals surface area contributed by atoms with Crippen LogP contribution in [0.4, 0.5) is 5.82 Å². The quantitative estimate of drug-likeness (QED) is 0.463. The first kappa shape index (κ1) is 23.8. The molecule has 0 bridgehead atoms. The molecule has 4 rings (SSSR count). The summed E-state index contributed by atoms with van der Waals surface area (Å²) in [5.41, 5.74) is 2.53. The van der Waals surface area contributed by atoms with Crippen LogP contribution in [0.2, 0.25) is 0 Å². The summed E-state index contributed by atoms with van der Waals surface area (Å²) in [4.78, 5) is 16.7. The van der Waals surface area contributed by atoms with Crippen LogP contribution in [0.25, 0.3) is 11.3 Å². The number of carbonyl (C=O) groups is 1. The topological polar surface area (TPSA) is 77.0 Å². The first-order valence-corrected chi connectivity index (χ1v) is 11.7. The van der Waals surface area contributed by atoms with E-state index in [1.165, 1.54) is 0 Å². The molecule has 1 amide bonds. The van der Waals surface area contributed by atoms with Gasteiger partial charge in [-0.2, -0.15) is 0 Å². The molecule has 0 radical (unpaired) electrons. The fourth-order valence-electron chi connectivity index (χ4n) is 3.95. The summed E-state index contributed by atoms with van der Waals surface area (Å²) in [6.07, 6.45) is 0.413. The van der Waals surface area contributed by atoms with E-state index in [0.717, 1.165) is 21.4 Å². The Morgan fingerprint density at radius 3 is 2.06 bits per heavy atom. The zero-order chi connectivity index (χ0) is 24.1. The van der Waals surface area contributed by atoms with Gasteiger partial charge in [0.15, 0.2) is 17.3 Å². The Bertz CT molecular complexity index is 1110. The number of rotatable bonds is 7. The van der Waals surface area contributed by atoms with E-state index in [2.05, 4.69) is 31.0 Å². The minimum Gasteiger partial charge on any atom is -0.493 e. The molecular weight excluding hydrogens is 500 g/mol. The van der Waals surface area contributed by atoms with Gasteiger partial charge in [-0.15, -0.1) is 10.2 Å². The third-order valence-corrected chi connectivity index (χ3v) is 6.36. The van der Waals surface area contributed by atoms with Crippen LogP contribution in [-0.4, -0.2) is 68.5 Å². The van der Waals surface area contributed by atoms with Gasteiger partial charge in [0.2, 0.25) is 11.7 Å². The molecule has 178 valence electrons. The SMILES string of the molecule is COc1cc(-c2ccc(N3CCN(C(=O)Cc4ccc(Br)cc4)CC3)nn2)cc(OC)c1OC. The smallest absolute Gasteiger partial charge is 0.227 e. The lowest BCUT2D eigenvalue weighted by molar-refractivity contribution is -0.130. The number of carbonyl (C=O) groups excluding carboxylic acids is 1. The van der Waals surface area contributed by atoms with Gasteiger partial charge in [0.1, 0.15) is 0 Å². The van der Waals surface area contributed by atoms with Crippen molar-refractivity contribution in [2.24, 2.45) is 0 Å². The summed E-state index contributed by atoms with van der Waals surface area (Å²) < 4.78 is 17.3. The maximum atomic E-state index is 12.7. The number of piperazine rings is 1. The van der Waals surface area contributed by atoms with E-state index in [4.69, 9.17) is 14.2 Å². The minimum atomic E-state index is 0.144. The van der Waals surface area contributed by atoms with E-state index in [0.29, 0.717) is 55.5 Å². The largest absolute Gasteiger partial charge is 0.493 e. The number of anilines is 1. The van der Waals surface area contributed by atoms with Crippen LogP contribution in [0.1, 0.15) is 5.56 Å². The van der Waals surface area contributed by atoms with Crippen molar-refractivity contribution in [2.45, 2.75) is 6.42 Å². The van der Waals surface area contributed by atoms with Crippen molar-refractivity contribution in [1.29, 1.82) is 0 Å². The Morgan fingerprint density at radius 2 is 1.53 bits per heavy atom. The zero-order valence-corrected chi connectivity index (χ0v) is 21.0. The predicted octanol–water partition coefficient (Wildman–Crippen LogP) is 3.82. The Morgan fingerprint density at radius 1 is 0.882 bits per heavy atom. The van der Waals surface area contributed by atoms with Crippen molar-refractivity contribution < 1.29 is 19.0 Å². The Kier molecular flexibility index (Phi) is 7.52. The fourth-order valence-corrected chi connectivity index (χ4v) is 4.21. The number of hydrogen-bond acceptors (Lipinski definition) is 7. The maximum absolute atomic E-state index is 12.7. The van der Waals surface area contributed by atoms with Crippen molar-refractivity contribution in [3.05, 3.63) is 58.6 Å². The number of hydrogen-bond donors (Lipinski definition) is 0. The fraction of sp³-hybridized carbons (Fsp3) is 0.320. The van der Waals surface area contributed by atoms with Gasteiger partial charge in [-0.3, -0.25) is 4.79 Å². The van der Waals surface area contributed by atoms with Crippen LogP contribution in [0, 0.1) is 0 Å². The molecule has 0 unspecified atom stereocenters. The molecule has 2 heterocycles. The molecular formula is C25H27BrN4O4. The number of benzene rings is 2. The Labute approximate surface area is 207 Å². The highest BCUT2D eigenvalue weighted by atomic mass is 79.9. The van der Waals surface area contributed by atoms with E-state index in [1.54, 1.807) is 21.3 Å². The van der Waals surface area contributed by atoms with E-state index < -0.39 is 0 Å². The van der Waals surface area contributed by atoms with Crippen LogP contribution in [-0.2, 0) is 11.2 Å². The van der Waals surface area contributed by atoms with Gasteiger partial charge in [-0.25, -0.2) is 0 Å². The number of aromatic nitrogens is 2. The lowest BCUT2D eigenvalue weighted by Gasteiger charge is -2.35. The molecule has 0 N–H and O–H groups in total. The number of halogens is 1. The lowest BCUT2D eigenvalue weighted by atomic mass is 10.1. The van der Waals surface area contributed by atoms with Gasteiger partial charge < -0.3 is 24.0 Å². The maximum Gasteiger partial charge on any atom is 0.227 e. The molecule has 9 heteroatoms. The van der Waals surface area contributed by atoms with Gasteiger partial charge >= 0.3 is 0 Å². The van der Waals surface area contributed by atoms with Crippen LogP contribution in [0.5, 0.6) is 17.2 Å². The highest BCUT2D eigenvalue weighted by Gasteiger charge is 2.22. The molecule has 3 aromatic rings. The van der Waals surface area contributed by atoms with E-state index in [9.17, 15) is 4.79 Å². The molecule has 2 aromatic carbocycles. The summed E-state index contributed by atoms with van der Waals surface area (Å²) in [5.74, 6) is 2.59. The van der Waals surface area contributed by atoms with Crippen LogP contribution >= 0.6 is 15.9 Å². The highest BCUT2D eigenvalue weighted by molar-refractivity contribution is 9.10. The third-order valence-electron chi connectivity index (χ3n) is 5.84. The normalized spacial score (nSPS) is 13.5. The van der Waals surface area contributed by atoms with Crippen molar-refractivity contribution >= 4 is 27.7 Å². The second-order valence-electron chi connectivity index (χ2n) is 7.86. The van der Waals surface area contributed by atoms with Gasteiger partial charge in [0.05, 0.1) is 33.4 Å². The second-order valence-corrected chi connectivity index (χ2v) is 8.78. The Hall–Kier alpha value is -3.33. The van der Waals surface area contributed by atoms with Gasteiger partial charge in [-0.05, 0) is 42.0 Å². The average molecular weight is 527 g/mol. The summed E-state index contributed by atoms with van der Waals surface area (Å²) >= 11 is 3.43. The monoisotopic (exact) mass is 526 g/mol. The lowest BCUT2D eigenvalue weighted by Crippen LogP contribution is -2.49. The van der Waals surface area contributed by atoms with Gasteiger partial charge in [-0.1, -0.05) is 28.1 Å². The Balaban J connectivity index is 1.40. The average Bonchev–Trinajstić information content (AvgIpc) is 2.89. The molecule has 0 spiro atoms. The second kappa shape index (κ2) is 10.7. The number of amides is 1. The first-order chi connectivity index (χ1) is 16.5. The van der Waals surface area contributed by atoms with Crippen molar-refractivity contribution in [3.63, 3.8) is 0 Å². The van der Waals surface area contributed by atoms with Crippen molar-refractivity contribution in [2.75, 3.05) is 52.4 Å². The number of ether oxygens (including phenoxy) is 3.